The Labute approximate surface area is 91.5 Å². The fourth-order valence-electron chi connectivity index (χ4n) is 1.85. The topological polar surface area (TPSA) is 12.0 Å². The van der Waals surface area contributed by atoms with Crippen LogP contribution in [0.4, 0.5) is 0 Å². The van der Waals surface area contributed by atoms with Crippen LogP contribution in [0.2, 0.25) is 0 Å². The number of allylic oxidation sites excluding steroid dienone is 2. The second-order valence-corrected chi connectivity index (χ2v) is 4.11. The summed E-state index contributed by atoms with van der Waals surface area (Å²) >= 11 is 0. The first-order valence-corrected chi connectivity index (χ1v) is 5.43. The Hall–Kier alpha value is -1.50. The molecule has 0 atom stereocenters. The molecule has 2 rings (SSSR count). The van der Waals surface area contributed by atoms with Crippen LogP contribution < -0.4 is 5.32 Å². The van der Waals surface area contributed by atoms with Gasteiger partial charge in [-0.2, -0.15) is 0 Å². The highest BCUT2D eigenvalue weighted by atomic mass is 14.9. The molecule has 78 valence electrons. The van der Waals surface area contributed by atoms with Gasteiger partial charge in [-0.1, -0.05) is 36.9 Å². The molecule has 1 aliphatic carbocycles. The molecular weight excluding hydrogens is 182 g/mol. The molecule has 0 heterocycles. The van der Waals surface area contributed by atoms with E-state index in [0.717, 1.165) is 12.2 Å². The van der Waals surface area contributed by atoms with Crippen LogP contribution in [0.15, 0.2) is 36.6 Å². The average molecular weight is 199 g/mol. The minimum absolute atomic E-state index is 0.881. The first-order chi connectivity index (χ1) is 7.25. The second-order valence-electron chi connectivity index (χ2n) is 4.11. The smallest absolute Gasteiger partial charge is 0.0397 e. The van der Waals surface area contributed by atoms with Crippen LogP contribution in [-0.4, -0.2) is 0 Å². The van der Waals surface area contributed by atoms with E-state index in [4.69, 9.17) is 0 Å². The third-order valence-electron chi connectivity index (χ3n) is 2.68. The fraction of sp³-hybridized carbons (Fsp3) is 0.286. The van der Waals surface area contributed by atoms with E-state index in [0.29, 0.717) is 0 Å². The highest BCUT2D eigenvalue weighted by Gasteiger charge is 2.04. The van der Waals surface area contributed by atoms with Gasteiger partial charge in [-0.05, 0) is 36.5 Å². The van der Waals surface area contributed by atoms with Gasteiger partial charge in [0.25, 0.3) is 0 Å². The molecule has 0 bridgehead atoms. The lowest BCUT2D eigenvalue weighted by atomic mass is 9.95. The first kappa shape index (κ1) is 10.0. The maximum atomic E-state index is 3.84. The molecule has 0 aromatic heterocycles. The second kappa shape index (κ2) is 4.35. The van der Waals surface area contributed by atoms with E-state index in [1.807, 2.05) is 6.92 Å². The summed E-state index contributed by atoms with van der Waals surface area (Å²) in [7, 11) is 0. The molecule has 15 heavy (non-hydrogen) atoms. The van der Waals surface area contributed by atoms with E-state index in [1.165, 1.54) is 29.5 Å². The van der Waals surface area contributed by atoms with E-state index in [2.05, 4.69) is 42.2 Å². The molecule has 1 aromatic carbocycles. The van der Waals surface area contributed by atoms with E-state index in [-0.39, 0.29) is 0 Å². The van der Waals surface area contributed by atoms with E-state index in [1.54, 1.807) is 0 Å². The molecule has 1 aromatic rings. The van der Waals surface area contributed by atoms with Crippen molar-refractivity contribution in [3.05, 3.63) is 53.2 Å². The Morgan fingerprint density at radius 2 is 2.33 bits per heavy atom. The van der Waals surface area contributed by atoms with Crippen molar-refractivity contribution < 1.29 is 0 Å². The quantitative estimate of drug-likeness (QED) is 0.787. The number of benzene rings is 1. The Bertz CT molecular complexity index is 402. The third-order valence-corrected chi connectivity index (χ3v) is 2.68. The SMILES string of the molecule is C=C(C)NCc1ccc2c(c1)CCC=C2. The molecule has 0 saturated heterocycles. The molecule has 0 aliphatic heterocycles. The fourth-order valence-corrected chi connectivity index (χ4v) is 1.85. The maximum Gasteiger partial charge on any atom is 0.0397 e. The average Bonchev–Trinajstić information content (AvgIpc) is 2.26. The van der Waals surface area contributed by atoms with Gasteiger partial charge in [0.05, 0.1) is 0 Å². The summed E-state index contributed by atoms with van der Waals surface area (Å²) in [5, 5.41) is 3.26. The monoisotopic (exact) mass is 199 g/mol. The number of rotatable bonds is 3. The van der Waals surface area contributed by atoms with Crippen LogP contribution in [0.5, 0.6) is 0 Å². The molecule has 0 radical (unpaired) electrons. The molecule has 1 aliphatic rings. The van der Waals surface area contributed by atoms with Crippen molar-refractivity contribution >= 4 is 6.08 Å². The van der Waals surface area contributed by atoms with Gasteiger partial charge in [0.15, 0.2) is 0 Å². The molecule has 0 unspecified atom stereocenters. The lowest BCUT2D eigenvalue weighted by Crippen LogP contribution is -2.09. The van der Waals surface area contributed by atoms with Gasteiger partial charge in [0, 0.05) is 12.2 Å². The molecular formula is C14H17N. The molecule has 1 nitrogen and oxygen atoms in total. The molecule has 0 saturated carbocycles. The van der Waals surface area contributed by atoms with Crippen molar-refractivity contribution in [2.24, 2.45) is 0 Å². The van der Waals surface area contributed by atoms with Crippen molar-refractivity contribution in [3.8, 4) is 0 Å². The summed E-state index contributed by atoms with van der Waals surface area (Å²) in [5.41, 5.74) is 5.21. The van der Waals surface area contributed by atoms with Gasteiger partial charge in [-0.15, -0.1) is 0 Å². The highest BCUT2D eigenvalue weighted by molar-refractivity contribution is 5.56. The summed E-state index contributed by atoms with van der Waals surface area (Å²) in [4.78, 5) is 0. The Kier molecular flexibility index (Phi) is 2.91. The zero-order chi connectivity index (χ0) is 10.7. The van der Waals surface area contributed by atoms with Crippen molar-refractivity contribution in [3.63, 3.8) is 0 Å². The van der Waals surface area contributed by atoms with Crippen LogP contribution in [0.3, 0.4) is 0 Å². The lowest BCUT2D eigenvalue weighted by molar-refractivity contribution is 0.812. The summed E-state index contributed by atoms with van der Waals surface area (Å²) in [6, 6.07) is 6.69. The van der Waals surface area contributed by atoms with Crippen molar-refractivity contribution in [2.75, 3.05) is 0 Å². The Morgan fingerprint density at radius 3 is 3.13 bits per heavy atom. The lowest BCUT2D eigenvalue weighted by Gasteiger charge is -2.12. The molecule has 1 N–H and O–H groups in total. The Balaban J connectivity index is 2.14. The number of fused-ring (bicyclic) bond motifs is 1. The largest absolute Gasteiger partial charge is 0.385 e. The van der Waals surface area contributed by atoms with Gasteiger partial charge >= 0.3 is 0 Å². The number of hydrogen-bond acceptors (Lipinski definition) is 1. The van der Waals surface area contributed by atoms with Crippen LogP contribution in [0.25, 0.3) is 6.08 Å². The zero-order valence-corrected chi connectivity index (χ0v) is 9.22. The van der Waals surface area contributed by atoms with Gasteiger partial charge in [0.1, 0.15) is 0 Å². The van der Waals surface area contributed by atoms with Crippen LogP contribution >= 0.6 is 0 Å². The number of nitrogens with one attached hydrogen (secondary N) is 1. The summed E-state index contributed by atoms with van der Waals surface area (Å²) in [6.07, 6.45) is 6.81. The van der Waals surface area contributed by atoms with Crippen molar-refractivity contribution in [1.82, 2.24) is 5.32 Å². The van der Waals surface area contributed by atoms with E-state index < -0.39 is 0 Å². The van der Waals surface area contributed by atoms with Crippen LogP contribution in [0.1, 0.15) is 30.0 Å². The number of aryl methyl sites for hydroxylation is 1. The van der Waals surface area contributed by atoms with Gasteiger partial charge in [0.2, 0.25) is 0 Å². The first-order valence-electron chi connectivity index (χ1n) is 5.43. The van der Waals surface area contributed by atoms with Gasteiger partial charge in [-0.3, -0.25) is 0 Å². The summed E-state index contributed by atoms with van der Waals surface area (Å²) in [6.45, 7) is 6.70. The molecule has 0 amide bonds. The van der Waals surface area contributed by atoms with Crippen LogP contribution in [-0.2, 0) is 13.0 Å². The third kappa shape index (κ3) is 2.50. The van der Waals surface area contributed by atoms with Crippen molar-refractivity contribution in [2.45, 2.75) is 26.3 Å². The van der Waals surface area contributed by atoms with Gasteiger partial charge < -0.3 is 5.32 Å². The van der Waals surface area contributed by atoms with E-state index >= 15 is 0 Å². The minimum Gasteiger partial charge on any atom is -0.385 e. The van der Waals surface area contributed by atoms with E-state index in [9.17, 15) is 0 Å². The summed E-state index contributed by atoms with van der Waals surface area (Å²) < 4.78 is 0. The predicted octanol–water partition coefficient (Wildman–Crippen LogP) is 3.27. The Morgan fingerprint density at radius 1 is 1.47 bits per heavy atom. The zero-order valence-electron chi connectivity index (χ0n) is 9.22. The summed E-state index contributed by atoms with van der Waals surface area (Å²) in [5.74, 6) is 0. The molecule has 0 fully saturated rings. The van der Waals surface area contributed by atoms with Gasteiger partial charge in [-0.25, -0.2) is 0 Å². The van der Waals surface area contributed by atoms with Crippen LogP contribution in [0, 0.1) is 0 Å². The molecule has 1 heteroatoms. The predicted molar refractivity (Wildman–Crippen MR) is 65.5 cm³/mol. The highest BCUT2D eigenvalue weighted by Crippen LogP contribution is 2.20. The normalized spacial score (nSPS) is 13.4. The minimum atomic E-state index is 0.881. The molecule has 0 spiro atoms. The standard InChI is InChI=1S/C14H17N/c1-11(2)15-10-12-7-8-13-5-3-4-6-14(13)9-12/h3,5,7-9,15H,1,4,6,10H2,2H3. The number of hydrogen-bond donors (Lipinski definition) is 1. The van der Waals surface area contributed by atoms with Crippen molar-refractivity contribution in [1.29, 1.82) is 0 Å². The maximum absolute atomic E-state index is 3.84.